The Hall–Kier alpha value is 0.434. The molecule has 0 N–H and O–H groups in total. The Kier molecular flexibility index (Phi) is 6.70. The molecule has 10 heavy (non-hydrogen) atoms. The van der Waals surface area contributed by atoms with Gasteiger partial charge in [0.1, 0.15) is 0 Å². The normalized spacial score (nSPS) is 14.1. The Bertz CT molecular complexity index is 73.8. The van der Waals surface area contributed by atoms with Crippen molar-refractivity contribution in [1.82, 2.24) is 0 Å². The third-order valence-electron chi connectivity index (χ3n) is 1.66. The summed E-state index contributed by atoms with van der Waals surface area (Å²) < 4.78 is 0. The fourth-order valence-corrected chi connectivity index (χ4v) is 10.7. The minimum atomic E-state index is -0.680. The average Bonchev–Trinajstić information content (AvgIpc) is 1.62. The summed E-state index contributed by atoms with van der Waals surface area (Å²) in [5, 5.41) is 0. The number of hydrogen-bond acceptors (Lipinski definition) is 0. The van der Waals surface area contributed by atoms with Crippen LogP contribution in [0.3, 0.4) is 0 Å². The van der Waals surface area contributed by atoms with Crippen molar-refractivity contribution in [3.63, 3.8) is 0 Å². The summed E-state index contributed by atoms with van der Waals surface area (Å²) in [6.07, 6.45) is 0. The smallest absolute Gasteiger partial charge is 0.0413 e. The van der Waals surface area contributed by atoms with Crippen LogP contribution < -0.4 is 0 Å². The monoisotopic (exact) mass is 176 g/mol. The Labute approximate surface area is 69.7 Å². The van der Waals surface area contributed by atoms with Crippen LogP contribution in [0.15, 0.2) is 0 Å². The van der Waals surface area contributed by atoms with Gasteiger partial charge in [0.2, 0.25) is 0 Å². The van der Waals surface area contributed by atoms with E-state index in [1.807, 2.05) is 0 Å². The molecule has 0 saturated heterocycles. The molecule has 0 nitrogen and oxygen atoms in total. The molecule has 0 heterocycles. The lowest BCUT2D eigenvalue weighted by atomic mass is 11.0. The molecule has 0 aromatic rings. The number of rotatable bonds is 3. The second kappa shape index (κ2) is 5.13. The van der Waals surface area contributed by atoms with Crippen LogP contribution in [0.2, 0.25) is 37.9 Å². The van der Waals surface area contributed by atoms with Gasteiger partial charge < -0.3 is 0 Å². The lowest BCUT2D eigenvalue weighted by molar-refractivity contribution is 1.38. The van der Waals surface area contributed by atoms with E-state index in [9.17, 15) is 0 Å². The largest absolute Gasteiger partial charge is 0.0776 e. The zero-order chi connectivity index (χ0) is 7.49. The molecule has 0 bridgehead atoms. The lowest BCUT2D eigenvalue weighted by Crippen LogP contribution is -2.26. The van der Waals surface area contributed by atoms with Crippen molar-refractivity contribution in [1.29, 1.82) is 0 Å². The molecule has 0 aliphatic rings. The van der Waals surface area contributed by atoms with E-state index in [-0.39, 0.29) is 16.2 Å². The first-order chi connectivity index (χ1) is 3.95. The van der Waals surface area contributed by atoms with Gasteiger partial charge in [-0.25, -0.2) is 0 Å². The van der Waals surface area contributed by atoms with Gasteiger partial charge in [0.05, 0.1) is 0 Å². The average molecular weight is 176 g/mol. The van der Waals surface area contributed by atoms with E-state index in [1.165, 1.54) is 6.04 Å². The molecule has 2 heteroatoms. The van der Waals surface area contributed by atoms with E-state index in [2.05, 4.69) is 33.1 Å². The molecule has 0 aliphatic carbocycles. The van der Waals surface area contributed by atoms with Crippen LogP contribution >= 0.6 is 0 Å². The van der Waals surface area contributed by atoms with Crippen LogP contribution in [0, 0.1) is 0 Å². The van der Waals surface area contributed by atoms with Gasteiger partial charge >= 0.3 is 0 Å². The standard InChI is InChI=1S/C7H20Si2.CH4/c1-6-8(2)7-9(3,4)5;/h8H,6-7H2,1-5H3;1H4. The Morgan fingerprint density at radius 1 is 1.20 bits per heavy atom. The van der Waals surface area contributed by atoms with Crippen molar-refractivity contribution in [2.45, 2.75) is 52.2 Å². The zero-order valence-electron chi connectivity index (χ0n) is 7.49. The van der Waals surface area contributed by atoms with Crippen LogP contribution in [0.1, 0.15) is 14.4 Å². The molecule has 0 fully saturated rings. The van der Waals surface area contributed by atoms with Gasteiger partial charge in [0.15, 0.2) is 0 Å². The van der Waals surface area contributed by atoms with Crippen molar-refractivity contribution < 1.29 is 0 Å². The molecule has 0 aromatic carbocycles. The third-order valence-corrected chi connectivity index (χ3v) is 10.7. The lowest BCUT2D eigenvalue weighted by Gasteiger charge is -2.18. The molecule has 0 radical (unpaired) electrons. The van der Waals surface area contributed by atoms with E-state index in [1.54, 1.807) is 5.67 Å². The molecule has 1 atom stereocenters. The summed E-state index contributed by atoms with van der Waals surface area (Å²) in [4.78, 5) is 0. The molecule has 0 amide bonds. The summed E-state index contributed by atoms with van der Waals surface area (Å²) >= 11 is 0. The first-order valence-corrected chi connectivity index (χ1v) is 10.4. The third kappa shape index (κ3) is 8.43. The van der Waals surface area contributed by atoms with E-state index in [4.69, 9.17) is 0 Å². The van der Waals surface area contributed by atoms with E-state index in [0.717, 1.165) is 0 Å². The fraction of sp³-hybridized carbons (Fsp3) is 1.00. The maximum atomic E-state index is 2.50. The summed E-state index contributed by atoms with van der Waals surface area (Å²) in [5.41, 5.74) is 1.63. The first kappa shape index (κ1) is 13.1. The minimum absolute atomic E-state index is 0. The predicted octanol–water partition coefficient (Wildman–Crippen LogP) is 3.38. The Morgan fingerprint density at radius 2 is 1.60 bits per heavy atom. The van der Waals surface area contributed by atoms with Crippen molar-refractivity contribution in [3.05, 3.63) is 0 Å². The van der Waals surface area contributed by atoms with Crippen molar-refractivity contribution in [2.75, 3.05) is 0 Å². The van der Waals surface area contributed by atoms with Crippen LogP contribution in [-0.4, -0.2) is 16.9 Å². The maximum Gasteiger partial charge on any atom is 0.0413 e. The van der Waals surface area contributed by atoms with Crippen molar-refractivity contribution in [3.8, 4) is 0 Å². The molecule has 0 rings (SSSR count). The Balaban J connectivity index is 0. The van der Waals surface area contributed by atoms with Gasteiger partial charge in [-0.05, 0) is 0 Å². The molecule has 0 saturated carbocycles. The van der Waals surface area contributed by atoms with Gasteiger partial charge in [0, 0.05) is 16.9 Å². The van der Waals surface area contributed by atoms with Crippen molar-refractivity contribution in [2.24, 2.45) is 0 Å². The zero-order valence-corrected chi connectivity index (χ0v) is 9.65. The van der Waals surface area contributed by atoms with E-state index in [0.29, 0.717) is 0 Å². The van der Waals surface area contributed by atoms with Crippen LogP contribution in [-0.2, 0) is 0 Å². The van der Waals surface area contributed by atoms with Gasteiger partial charge in [-0.1, -0.05) is 52.2 Å². The van der Waals surface area contributed by atoms with Gasteiger partial charge in [-0.15, -0.1) is 0 Å². The van der Waals surface area contributed by atoms with Crippen LogP contribution in [0.5, 0.6) is 0 Å². The molecule has 0 spiro atoms. The van der Waals surface area contributed by atoms with Crippen LogP contribution in [0.4, 0.5) is 0 Å². The van der Waals surface area contributed by atoms with E-state index < -0.39 is 8.07 Å². The molecule has 0 aliphatic heterocycles. The molecular weight excluding hydrogens is 152 g/mol. The van der Waals surface area contributed by atoms with E-state index >= 15 is 0 Å². The number of hydrogen-bond donors (Lipinski definition) is 0. The van der Waals surface area contributed by atoms with Gasteiger partial charge in [0.25, 0.3) is 0 Å². The highest BCUT2D eigenvalue weighted by molar-refractivity contribution is 6.87. The fourth-order valence-electron chi connectivity index (χ4n) is 1.19. The van der Waals surface area contributed by atoms with Crippen LogP contribution in [0.25, 0.3) is 0 Å². The highest BCUT2D eigenvalue weighted by Crippen LogP contribution is 2.12. The molecular formula is C8H24Si2. The highest BCUT2D eigenvalue weighted by atomic mass is 28.4. The maximum absolute atomic E-state index is 2.50. The second-order valence-corrected chi connectivity index (χ2v) is 14.1. The minimum Gasteiger partial charge on any atom is -0.0776 e. The van der Waals surface area contributed by atoms with Gasteiger partial charge in [-0.2, -0.15) is 0 Å². The highest BCUT2D eigenvalue weighted by Gasteiger charge is 2.16. The Morgan fingerprint density at radius 3 is 1.70 bits per heavy atom. The summed E-state index contributed by atoms with van der Waals surface area (Å²) in [6, 6.07) is 1.49. The molecule has 1 unspecified atom stereocenters. The SMILES string of the molecule is C.CC[SiH](C)C[Si](C)(C)C. The van der Waals surface area contributed by atoms with Gasteiger partial charge in [-0.3, -0.25) is 0 Å². The second-order valence-electron chi connectivity index (χ2n) is 4.28. The molecule has 0 aromatic heterocycles. The van der Waals surface area contributed by atoms with Crippen molar-refractivity contribution >= 4 is 16.9 Å². The summed E-state index contributed by atoms with van der Waals surface area (Å²) in [6.45, 7) is 12.3. The molecule has 64 valence electrons. The quantitative estimate of drug-likeness (QED) is 0.578. The summed E-state index contributed by atoms with van der Waals surface area (Å²) in [7, 11) is -0.924. The first-order valence-electron chi connectivity index (χ1n) is 3.95. The summed E-state index contributed by atoms with van der Waals surface area (Å²) in [5.74, 6) is 0. The topological polar surface area (TPSA) is 0 Å². The predicted molar refractivity (Wildman–Crippen MR) is 58.4 cm³/mol.